The standard InChI is InChI=1S/C27H28F3N5O4/c1-26(18-34-13-11-31-25(34)39-26)19-38-23-8-6-22(7-9-23)33-16-14-32(15-17-33)12-10-24(35(36)37)20-2-4-21(5-3-20)27(28,29)30/h2-11,13H,12,14-19H2,1H3. The summed E-state index contributed by atoms with van der Waals surface area (Å²) < 4.78 is 52.3. The lowest BCUT2D eigenvalue weighted by molar-refractivity contribution is -0.375. The maximum atomic E-state index is 12.8. The minimum absolute atomic E-state index is 0.147. The van der Waals surface area contributed by atoms with E-state index in [1.165, 1.54) is 6.08 Å². The van der Waals surface area contributed by atoms with Crippen LogP contribution in [0.5, 0.6) is 11.8 Å². The fourth-order valence-corrected chi connectivity index (χ4v) is 4.73. The Labute approximate surface area is 223 Å². The number of hydrogen-bond donors (Lipinski definition) is 0. The Bertz CT molecular complexity index is 1310. The van der Waals surface area contributed by atoms with Crippen molar-refractivity contribution < 1.29 is 27.6 Å². The molecule has 0 amide bonds. The van der Waals surface area contributed by atoms with Crippen molar-refractivity contribution in [1.82, 2.24) is 14.5 Å². The van der Waals surface area contributed by atoms with Crippen LogP contribution in [-0.4, -0.2) is 64.3 Å². The molecule has 12 heteroatoms. The van der Waals surface area contributed by atoms with Crippen molar-refractivity contribution in [2.24, 2.45) is 0 Å². The molecule has 1 saturated heterocycles. The zero-order chi connectivity index (χ0) is 27.6. The minimum atomic E-state index is -4.49. The summed E-state index contributed by atoms with van der Waals surface area (Å²) in [7, 11) is 0. The van der Waals surface area contributed by atoms with Gasteiger partial charge in [0.15, 0.2) is 5.60 Å². The van der Waals surface area contributed by atoms with E-state index in [0.29, 0.717) is 38.8 Å². The third-order valence-corrected chi connectivity index (χ3v) is 6.89. The molecule has 3 aromatic rings. The van der Waals surface area contributed by atoms with E-state index < -0.39 is 22.3 Å². The summed E-state index contributed by atoms with van der Waals surface area (Å²) in [6.07, 6.45) is 0.564. The van der Waals surface area contributed by atoms with E-state index >= 15 is 0 Å². The van der Waals surface area contributed by atoms with Crippen molar-refractivity contribution in [3.05, 3.63) is 88.2 Å². The van der Waals surface area contributed by atoms with Crippen LogP contribution in [0.1, 0.15) is 18.1 Å². The summed E-state index contributed by atoms with van der Waals surface area (Å²) in [6, 6.07) is 12.5. The molecular weight excluding hydrogens is 515 g/mol. The molecule has 39 heavy (non-hydrogen) atoms. The van der Waals surface area contributed by atoms with Crippen LogP contribution in [0.3, 0.4) is 0 Å². The van der Waals surface area contributed by atoms with E-state index in [1.807, 2.05) is 42.0 Å². The summed E-state index contributed by atoms with van der Waals surface area (Å²) in [5, 5.41) is 11.6. The van der Waals surface area contributed by atoms with Crippen LogP contribution in [0.15, 0.2) is 67.0 Å². The fourth-order valence-electron chi connectivity index (χ4n) is 4.73. The molecule has 1 atom stereocenters. The molecule has 5 rings (SSSR count). The number of halogens is 3. The number of ether oxygens (including phenoxy) is 2. The van der Waals surface area contributed by atoms with Crippen LogP contribution in [0, 0.1) is 10.1 Å². The first-order chi connectivity index (χ1) is 18.6. The van der Waals surface area contributed by atoms with E-state index in [4.69, 9.17) is 9.47 Å². The third-order valence-electron chi connectivity index (χ3n) is 6.89. The molecule has 0 bridgehead atoms. The van der Waals surface area contributed by atoms with Crippen LogP contribution in [0.4, 0.5) is 18.9 Å². The zero-order valence-electron chi connectivity index (χ0n) is 21.3. The molecular formula is C27H28F3N5O4. The van der Waals surface area contributed by atoms with Crippen LogP contribution in [0.25, 0.3) is 5.70 Å². The van der Waals surface area contributed by atoms with Gasteiger partial charge >= 0.3 is 6.18 Å². The van der Waals surface area contributed by atoms with Crippen molar-refractivity contribution in [3.63, 3.8) is 0 Å². The maximum absolute atomic E-state index is 12.8. The molecule has 2 aliphatic rings. The first kappa shape index (κ1) is 26.5. The second-order valence-electron chi connectivity index (χ2n) is 9.88. The van der Waals surface area contributed by atoms with Crippen LogP contribution in [0.2, 0.25) is 0 Å². The second-order valence-corrected chi connectivity index (χ2v) is 9.88. The maximum Gasteiger partial charge on any atom is 0.416 e. The van der Waals surface area contributed by atoms with Gasteiger partial charge in [0.1, 0.15) is 12.4 Å². The molecule has 0 saturated carbocycles. The summed E-state index contributed by atoms with van der Waals surface area (Å²) in [5.41, 5.74) is -0.321. The molecule has 1 aromatic heterocycles. The zero-order valence-corrected chi connectivity index (χ0v) is 21.3. The van der Waals surface area contributed by atoms with E-state index in [-0.39, 0.29) is 11.3 Å². The normalized spacial score (nSPS) is 20.0. The van der Waals surface area contributed by atoms with Gasteiger partial charge in [-0.3, -0.25) is 19.6 Å². The number of rotatable bonds is 8. The van der Waals surface area contributed by atoms with Gasteiger partial charge < -0.3 is 14.4 Å². The average Bonchev–Trinajstić information content (AvgIpc) is 3.47. The largest absolute Gasteiger partial charge is 0.489 e. The number of anilines is 1. The van der Waals surface area contributed by atoms with Gasteiger partial charge in [0.05, 0.1) is 22.6 Å². The Balaban J connectivity index is 1.11. The monoisotopic (exact) mass is 543 g/mol. The quantitative estimate of drug-likeness (QED) is 0.304. The van der Waals surface area contributed by atoms with Gasteiger partial charge in [0.25, 0.3) is 11.7 Å². The lowest BCUT2D eigenvalue weighted by Crippen LogP contribution is -2.46. The lowest BCUT2D eigenvalue weighted by Gasteiger charge is -2.35. The predicted molar refractivity (Wildman–Crippen MR) is 138 cm³/mol. The number of aromatic nitrogens is 2. The van der Waals surface area contributed by atoms with Crippen molar-refractivity contribution in [2.75, 3.05) is 44.2 Å². The lowest BCUT2D eigenvalue weighted by atomic mass is 10.1. The molecule has 206 valence electrons. The minimum Gasteiger partial charge on any atom is -0.489 e. The van der Waals surface area contributed by atoms with Gasteiger partial charge in [0.2, 0.25) is 0 Å². The SMILES string of the molecule is CC1(COc2ccc(N3CCN(CC=C(c4ccc(C(F)(F)F)cc4)[N+](=O)[O-])CC3)cc2)Cn2ccnc2O1. The topological polar surface area (TPSA) is 85.9 Å². The molecule has 0 N–H and O–H groups in total. The van der Waals surface area contributed by atoms with Gasteiger partial charge in [-0.1, -0.05) is 0 Å². The number of nitrogens with zero attached hydrogens (tertiary/aromatic N) is 5. The van der Waals surface area contributed by atoms with Gasteiger partial charge in [0, 0.05) is 56.9 Å². The molecule has 0 spiro atoms. The van der Waals surface area contributed by atoms with Crippen molar-refractivity contribution in [2.45, 2.75) is 25.2 Å². The Morgan fingerprint density at radius 1 is 1.13 bits per heavy atom. The molecule has 0 radical (unpaired) electrons. The number of hydrogen-bond acceptors (Lipinski definition) is 7. The molecule has 1 fully saturated rings. The summed E-state index contributed by atoms with van der Waals surface area (Å²) in [4.78, 5) is 19.5. The summed E-state index contributed by atoms with van der Waals surface area (Å²) >= 11 is 0. The number of fused-ring (bicyclic) bond motifs is 1. The number of imidazole rings is 1. The summed E-state index contributed by atoms with van der Waals surface area (Å²) in [6.45, 7) is 6.24. The highest BCUT2D eigenvalue weighted by Gasteiger charge is 2.36. The van der Waals surface area contributed by atoms with E-state index in [0.717, 1.165) is 48.8 Å². The Morgan fingerprint density at radius 2 is 1.82 bits per heavy atom. The molecule has 9 nitrogen and oxygen atoms in total. The highest BCUT2D eigenvalue weighted by Crippen LogP contribution is 2.31. The van der Waals surface area contributed by atoms with Crippen molar-refractivity contribution in [3.8, 4) is 11.8 Å². The average molecular weight is 544 g/mol. The van der Waals surface area contributed by atoms with Crippen LogP contribution in [-0.2, 0) is 12.7 Å². The predicted octanol–water partition coefficient (Wildman–Crippen LogP) is 4.57. The molecule has 3 heterocycles. The van der Waals surface area contributed by atoms with Gasteiger partial charge in [-0.25, -0.2) is 4.98 Å². The van der Waals surface area contributed by atoms with E-state index in [2.05, 4.69) is 14.8 Å². The second kappa shape index (κ2) is 10.6. The number of piperazine rings is 1. The van der Waals surface area contributed by atoms with Crippen LogP contribution < -0.4 is 14.4 Å². The Kier molecular flexibility index (Phi) is 7.21. The highest BCUT2D eigenvalue weighted by atomic mass is 19.4. The molecule has 0 aliphatic carbocycles. The third kappa shape index (κ3) is 6.17. The van der Waals surface area contributed by atoms with Gasteiger partial charge in [-0.15, -0.1) is 0 Å². The fraction of sp³-hybridized carbons (Fsp3) is 0.370. The van der Waals surface area contributed by atoms with Crippen molar-refractivity contribution >= 4 is 11.4 Å². The first-order valence-corrected chi connectivity index (χ1v) is 12.5. The molecule has 2 aromatic carbocycles. The van der Waals surface area contributed by atoms with Gasteiger partial charge in [-0.05, 0) is 55.5 Å². The van der Waals surface area contributed by atoms with E-state index in [1.54, 1.807) is 6.20 Å². The number of alkyl halides is 3. The molecule has 1 unspecified atom stereocenters. The first-order valence-electron chi connectivity index (χ1n) is 12.5. The van der Waals surface area contributed by atoms with Crippen molar-refractivity contribution in [1.29, 1.82) is 0 Å². The number of nitro groups is 1. The van der Waals surface area contributed by atoms with Gasteiger partial charge in [-0.2, -0.15) is 13.2 Å². The Hall–Kier alpha value is -4.06. The summed E-state index contributed by atoms with van der Waals surface area (Å²) in [5.74, 6) is 0.743. The highest BCUT2D eigenvalue weighted by molar-refractivity contribution is 5.59. The number of benzene rings is 2. The van der Waals surface area contributed by atoms with E-state index in [9.17, 15) is 23.3 Å². The molecule has 2 aliphatic heterocycles. The van der Waals surface area contributed by atoms with Crippen LogP contribution >= 0.6 is 0 Å². The Morgan fingerprint density at radius 3 is 2.44 bits per heavy atom. The smallest absolute Gasteiger partial charge is 0.416 e.